The number of carbonyl (C=O) groups is 1. The van der Waals surface area contributed by atoms with Crippen molar-refractivity contribution in [1.29, 1.82) is 0 Å². The summed E-state index contributed by atoms with van der Waals surface area (Å²) < 4.78 is 0. The molecule has 1 aromatic carbocycles. The van der Waals surface area contributed by atoms with Crippen molar-refractivity contribution < 1.29 is 4.79 Å². The molecule has 104 valence electrons. The molecule has 3 N–H and O–H groups in total. The van der Waals surface area contributed by atoms with Gasteiger partial charge in [-0.2, -0.15) is 0 Å². The van der Waals surface area contributed by atoms with E-state index in [1.54, 1.807) is 0 Å². The highest BCUT2D eigenvalue weighted by Crippen LogP contribution is 2.28. The second-order valence-electron chi connectivity index (χ2n) is 4.84. The lowest BCUT2D eigenvalue weighted by Gasteiger charge is -2.40. The lowest BCUT2D eigenvalue weighted by atomic mass is 9.99. The van der Waals surface area contributed by atoms with Gasteiger partial charge < -0.3 is 11.1 Å². The third kappa shape index (κ3) is 3.26. The number of rotatable bonds is 4. The molecule has 1 aromatic rings. The van der Waals surface area contributed by atoms with Crippen LogP contribution in [0.4, 0.5) is 0 Å². The third-order valence-electron chi connectivity index (χ3n) is 3.63. The molecule has 2 atom stereocenters. The second-order valence-corrected chi connectivity index (χ2v) is 5.28. The number of carbonyl (C=O) groups excluding carboxylic acids is 1. The molecule has 1 aliphatic rings. The molecule has 0 saturated carbocycles. The minimum absolute atomic E-state index is 0.179. The van der Waals surface area contributed by atoms with Gasteiger partial charge in [-0.15, -0.1) is 0 Å². The minimum atomic E-state index is -0.271. The number of benzene rings is 1. The maximum Gasteiger partial charge on any atom is 0.236 e. The molecule has 0 bridgehead atoms. The van der Waals surface area contributed by atoms with Gasteiger partial charge in [0.15, 0.2) is 0 Å². The predicted molar refractivity (Wildman–Crippen MR) is 77.0 cm³/mol. The van der Waals surface area contributed by atoms with Crippen molar-refractivity contribution in [3.05, 3.63) is 34.9 Å². The highest BCUT2D eigenvalue weighted by atomic mass is 35.5. The van der Waals surface area contributed by atoms with Crippen LogP contribution in [0.3, 0.4) is 0 Å². The number of hydrogen-bond donors (Lipinski definition) is 2. The minimum Gasteiger partial charge on any atom is -0.368 e. The quantitative estimate of drug-likeness (QED) is 0.880. The Bertz CT molecular complexity index is 452. The average Bonchev–Trinajstić information content (AvgIpc) is 2.40. The summed E-state index contributed by atoms with van der Waals surface area (Å²) in [6.07, 6.45) is 0.921. The highest BCUT2D eigenvalue weighted by molar-refractivity contribution is 6.30. The number of primary amides is 1. The highest BCUT2D eigenvalue weighted by Gasteiger charge is 2.32. The Hall–Kier alpha value is -1.10. The molecular weight excluding hydrogens is 262 g/mol. The molecule has 0 spiro atoms. The van der Waals surface area contributed by atoms with Crippen LogP contribution in [0.15, 0.2) is 24.3 Å². The third-order valence-corrected chi connectivity index (χ3v) is 3.87. The fourth-order valence-electron chi connectivity index (χ4n) is 2.73. The van der Waals surface area contributed by atoms with Crippen LogP contribution in [-0.2, 0) is 4.79 Å². The second kappa shape index (κ2) is 6.37. The van der Waals surface area contributed by atoms with Crippen molar-refractivity contribution in [3.8, 4) is 0 Å². The van der Waals surface area contributed by atoms with Crippen molar-refractivity contribution in [2.75, 3.05) is 19.6 Å². The first-order valence-electron chi connectivity index (χ1n) is 6.64. The first-order chi connectivity index (χ1) is 9.13. The van der Waals surface area contributed by atoms with E-state index in [4.69, 9.17) is 17.3 Å². The zero-order chi connectivity index (χ0) is 13.8. The van der Waals surface area contributed by atoms with Crippen molar-refractivity contribution in [3.63, 3.8) is 0 Å². The molecule has 19 heavy (non-hydrogen) atoms. The van der Waals surface area contributed by atoms with Crippen LogP contribution in [0.1, 0.15) is 24.9 Å². The molecule has 2 rings (SSSR count). The number of piperazine rings is 1. The van der Waals surface area contributed by atoms with Crippen LogP contribution < -0.4 is 11.1 Å². The summed E-state index contributed by atoms with van der Waals surface area (Å²) in [4.78, 5) is 13.8. The Labute approximate surface area is 118 Å². The normalized spacial score (nSPS) is 22.1. The van der Waals surface area contributed by atoms with E-state index < -0.39 is 0 Å². The molecule has 1 heterocycles. The van der Waals surface area contributed by atoms with Gasteiger partial charge in [-0.3, -0.25) is 9.69 Å². The van der Waals surface area contributed by atoms with Crippen molar-refractivity contribution in [2.45, 2.75) is 25.4 Å². The van der Waals surface area contributed by atoms with E-state index in [1.165, 1.54) is 0 Å². The number of halogens is 1. The molecule has 0 aromatic heterocycles. The molecule has 0 radical (unpaired) electrons. The first-order valence-corrected chi connectivity index (χ1v) is 7.02. The number of nitrogens with two attached hydrogens (primary N) is 1. The predicted octanol–water partition coefficient (Wildman–Crippen LogP) is 1.55. The molecule has 5 heteroatoms. The molecule has 2 unspecified atom stereocenters. The largest absolute Gasteiger partial charge is 0.368 e. The van der Waals surface area contributed by atoms with Crippen molar-refractivity contribution in [2.24, 2.45) is 5.73 Å². The van der Waals surface area contributed by atoms with Gasteiger partial charge in [0.25, 0.3) is 0 Å². The Kier molecular flexibility index (Phi) is 4.80. The molecular formula is C14H20ClN3O. The summed E-state index contributed by atoms with van der Waals surface area (Å²) >= 11 is 6.06. The average molecular weight is 282 g/mol. The van der Waals surface area contributed by atoms with Gasteiger partial charge >= 0.3 is 0 Å². The van der Waals surface area contributed by atoms with E-state index in [2.05, 4.69) is 23.2 Å². The van der Waals surface area contributed by atoms with E-state index in [9.17, 15) is 4.79 Å². The van der Waals surface area contributed by atoms with E-state index >= 15 is 0 Å². The van der Waals surface area contributed by atoms with E-state index in [1.807, 2.05) is 18.2 Å². The zero-order valence-electron chi connectivity index (χ0n) is 11.1. The summed E-state index contributed by atoms with van der Waals surface area (Å²) in [6.45, 7) is 4.43. The van der Waals surface area contributed by atoms with Gasteiger partial charge in [-0.25, -0.2) is 0 Å². The summed E-state index contributed by atoms with van der Waals surface area (Å²) in [5.41, 5.74) is 6.65. The van der Waals surface area contributed by atoms with Crippen LogP contribution in [0.5, 0.6) is 0 Å². The lowest BCUT2D eigenvalue weighted by Crippen LogP contribution is -2.57. The number of hydrogen-bond acceptors (Lipinski definition) is 3. The van der Waals surface area contributed by atoms with Crippen molar-refractivity contribution in [1.82, 2.24) is 10.2 Å². The summed E-state index contributed by atoms with van der Waals surface area (Å²) in [5.74, 6) is -0.271. The summed E-state index contributed by atoms with van der Waals surface area (Å²) in [7, 11) is 0. The van der Waals surface area contributed by atoms with Crippen LogP contribution in [0, 0.1) is 0 Å². The Morgan fingerprint density at radius 2 is 2.42 bits per heavy atom. The van der Waals surface area contributed by atoms with E-state index in [0.717, 1.165) is 30.1 Å². The van der Waals surface area contributed by atoms with E-state index in [-0.39, 0.29) is 18.0 Å². The maximum absolute atomic E-state index is 11.6. The lowest BCUT2D eigenvalue weighted by molar-refractivity contribution is -0.125. The van der Waals surface area contributed by atoms with Crippen LogP contribution in [-0.4, -0.2) is 36.5 Å². The van der Waals surface area contributed by atoms with Gasteiger partial charge in [0.05, 0.1) is 0 Å². The standard InChI is InChI=1S/C14H20ClN3O/c1-2-12(10-4-3-5-11(15)8-10)18-7-6-17-9-13(18)14(16)19/h3-5,8,12-13,17H,2,6-7,9H2,1H3,(H2,16,19). The zero-order valence-corrected chi connectivity index (χ0v) is 11.9. The SMILES string of the molecule is CCC(c1cccc(Cl)c1)N1CCNCC1C(N)=O. The van der Waals surface area contributed by atoms with Gasteiger partial charge in [-0.1, -0.05) is 30.7 Å². The Morgan fingerprint density at radius 1 is 1.63 bits per heavy atom. The Morgan fingerprint density at radius 3 is 3.05 bits per heavy atom. The fourth-order valence-corrected chi connectivity index (χ4v) is 2.93. The molecule has 0 aliphatic carbocycles. The number of nitrogens with zero attached hydrogens (tertiary/aromatic N) is 1. The van der Waals surface area contributed by atoms with E-state index in [0.29, 0.717) is 6.54 Å². The van der Waals surface area contributed by atoms with Gasteiger partial charge in [0, 0.05) is 30.7 Å². The molecule has 1 amide bonds. The topological polar surface area (TPSA) is 58.4 Å². The monoisotopic (exact) mass is 281 g/mol. The van der Waals surface area contributed by atoms with Gasteiger partial charge in [-0.05, 0) is 24.1 Å². The summed E-state index contributed by atoms with van der Waals surface area (Å²) in [6, 6.07) is 7.76. The molecule has 4 nitrogen and oxygen atoms in total. The number of amides is 1. The van der Waals surface area contributed by atoms with Crippen molar-refractivity contribution >= 4 is 17.5 Å². The molecule has 1 aliphatic heterocycles. The van der Waals surface area contributed by atoms with Gasteiger partial charge in [0.1, 0.15) is 6.04 Å². The molecule has 1 fully saturated rings. The fraction of sp³-hybridized carbons (Fsp3) is 0.500. The first kappa shape index (κ1) is 14.3. The molecule has 1 saturated heterocycles. The van der Waals surface area contributed by atoms with Crippen LogP contribution in [0.25, 0.3) is 0 Å². The number of nitrogens with one attached hydrogen (secondary N) is 1. The van der Waals surface area contributed by atoms with Gasteiger partial charge in [0.2, 0.25) is 5.91 Å². The van der Waals surface area contributed by atoms with Crippen LogP contribution >= 0.6 is 11.6 Å². The summed E-state index contributed by atoms with van der Waals surface area (Å²) in [5, 5.41) is 3.94. The Balaban J connectivity index is 2.26. The maximum atomic E-state index is 11.6. The van der Waals surface area contributed by atoms with Crippen LogP contribution in [0.2, 0.25) is 5.02 Å². The smallest absolute Gasteiger partial charge is 0.236 e.